The summed E-state index contributed by atoms with van der Waals surface area (Å²) in [4.78, 5) is 12.1. The van der Waals surface area contributed by atoms with Crippen molar-refractivity contribution in [3.8, 4) is 0 Å². The molecule has 154 valence electrons. The van der Waals surface area contributed by atoms with Crippen molar-refractivity contribution < 1.29 is 31.1 Å². The summed E-state index contributed by atoms with van der Waals surface area (Å²) in [5.74, 6) is -1.41. The Morgan fingerprint density at radius 1 is 1.11 bits per heavy atom. The van der Waals surface area contributed by atoms with E-state index in [4.69, 9.17) is 9.47 Å². The molecule has 3 aliphatic rings. The summed E-state index contributed by atoms with van der Waals surface area (Å²) in [7, 11) is -7.44. The van der Waals surface area contributed by atoms with Crippen molar-refractivity contribution in [1.29, 1.82) is 0 Å². The van der Waals surface area contributed by atoms with Crippen molar-refractivity contribution in [2.75, 3.05) is 36.4 Å². The summed E-state index contributed by atoms with van der Waals surface area (Å²) in [5.41, 5.74) is 0.561. The van der Waals surface area contributed by atoms with Crippen molar-refractivity contribution in [1.82, 2.24) is 4.31 Å². The van der Waals surface area contributed by atoms with Gasteiger partial charge in [-0.2, -0.15) is 4.31 Å². The van der Waals surface area contributed by atoms with Crippen molar-refractivity contribution in [2.24, 2.45) is 0 Å². The molecule has 3 saturated heterocycles. The van der Waals surface area contributed by atoms with E-state index in [0.29, 0.717) is 31.6 Å². The molecule has 0 atom stereocenters. The smallest absolute Gasteiger partial charge is 0.243 e. The van der Waals surface area contributed by atoms with Crippen LogP contribution < -0.4 is 4.31 Å². The first kappa shape index (κ1) is 19.8. The number of benzene rings is 1. The minimum atomic E-state index is -3.75. The molecule has 28 heavy (non-hydrogen) atoms. The van der Waals surface area contributed by atoms with E-state index >= 15 is 0 Å². The predicted molar refractivity (Wildman–Crippen MR) is 99.7 cm³/mol. The quantitative estimate of drug-likeness (QED) is 0.690. The molecule has 11 heteroatoms. The van der Waals surface area contributed by atoms with Crippen LogP contribution in [0.4, 0.5) is 5.69 Å². The Kier molecular flexibility index (Phi) is 4.78. The maximum absolute atomic E-state index is 13.1. The lowest BCUT2D eigenvalue weighted by Gasteiger charge is -2.37. The highest BCUT2D eigenvalue weighted by Gasteiger charge is 2.43. The Morgan fingerprint density at radius 3 is 2.29 bits per heavy atom. The molecular formula is C17H22N2O7S2. The molecule has 3 aliphatic heterocycles. The first-order valence-electron chi connectivity index (χ1n) is 9.09. The molecular weight excluding hydrogens is 408 g/mol. The fourth-order valence-corrected chi connectivity index (χ4v) is 7.01. The Morgan fingerprint density at radius 2 is 1.75 bits per heavy atom. The molecule has 0 aromatic heterocycles. The van der Waals surface area contributed by atoms with E-state index in [2.05, 4.69) is 0 Å². The van der Waals surface area contributed by atoms with E-state index in [0.717, 1.165) is 4.31 Å². The summed E-state index contributed by atoms with van der Waals surface area (Å²) in [6, 6.07) is 4.17. The zero-order chi connectivity index (χ0) is 20.2. The summed E-state index contributed by atoms with van der Waals surface area (Å²) in [5, 5.41) is 0. The Labute approximate surface area is 164 Å². The third kappa shape index (κ3) is 3.24. The van der Waals surface area contributed by atoms with E-state index in [1.165, 1.54) is 22.5 Å². The van der Waals surface area contributed by atoms with E-state index in [9.17, 15) is 21.6 Å². The summed E-state index contributed by atoms with van der Waals surface area (Å²) >= 11 is 0. The van der Waals surface area contributed by atoms with Crippen LogP contribution >= 0.6 is 0 Å². The Hall–Kier alpha value is -1.53. The highest BCUT2D eigenvalue weighted by Crippen LogP contribution is 2.35. The summed E-state index contributed by atoms with van der Waals surface area (Å²) in [6.07, 6.45) is 0.856. The lowest BCUT2D eigenvalue weighted by Crippen LogP contribution is -2.47. The number of anilines is 1. The third-order valence-corrected chi connectivity index (χ3v) is 9.14. The monoisotopic (exact) mass is 430 g/mol. The van der Waals surface area contributed by atoms with Gasteiger partial charge in [0.25, 0.3) is 0 Å². The third-order valence-electron chi connectivity index (χ3n) is 5.39. The van der Waals surface area contributed by atoms with E-state index in [-0.39, 0.29) is 35.8 Å². The maximum atomic E-state index is 13.1. The van der Waals surface area contributed by atoms with Crippen molar-refractivity contribution in [2.45, 2.75) is 36.9 Å². The zero-order valence-electron chi connectivity index (χ0n) is 15.5. The normalized spacial score (nSPS) is 24.9. The van der Waals surface area contributed by atoms with Gasteiger partial charge in [-0.1, -0.05) is 0 Å². The number of amides is 1. The first-order chi connectivity index (χ1) is 13.1. The molecule has 0 aliphatic carbocycles. The van der Waals surface area contributed by atoms with Gasteiger partial charge in [0.2, 0.25) is 26.0 Å². The van der Waals surface area contributed by atoms with Gasteiger partial charge in [-0.15, -0.1) is 0 Å². The number of aryl methyl sites for hydroxylation is 1. The number of carbonyl (C=O) groups excluding carboxylic acids is 1. The fraction of sp³-hybridized carbons (Fsp3) is 0.588. The van der Waals surface area contributed by atoms with Gasteiger partial charge < -0.3 is 9.47 Å². The Bertz CT molecular complexity index is 1000. The lowest BCUT2D eigenvalue weighted by molar-refractivity contribution is -0.179. The number of piperidine rings is 1. The zero-order valence-corrected chi connectivity index (χ0v) is 17.1. The first-order valence-corrected chi connectivity index (χ1v) is 12.1. The number of hydrogen-bond donors (Lipinski definition) is 0. The van der Waals surface area contributed by atoms with Crippen LogP contribution in [0.1, 0.15) is 24.8 Å². The second-order valence-corrected chi connectivity index (χ2v) is 11.0. The van der Waals surface area contributed by atoms with Crippen LogP contribution in [-0.4, -0.2) is 64.9 Å². The van der Waals surface area contributed by atoms with Gasteiger partial charge in [-0.25, -0.2) is 21.1 Å². The molecule has 1 aromatic carbocycles. The van der Waals surface area contributed by atoms with Gasteiger partial charge in [0.15, 0.2) is 5.79 Å². The highest BCUT2D eigenvalue weighted by molar-refractivity contribution is 7.94. The van der Waals surface area contributed by atoms with Gasteiger partial charge in [0.1, 0.15) is 0 Å². The van der Waals surface area contributed by atoms with Crippen molar-refractivity contribution in [3.05, 3.63) is 23.8 Å². The molecule has 0 saturated carbocycles. The van der Waals surface area contributed by atoms with Crippen LogP contribution in [0.5, 0.6) is 0 Å². The number of carbonyl (C=O) groups is 1. The molecule has 9 nitrogen and oxygen atoms in total. The fourth-order valence-electron chi connectivity index (χ4n) is 3.91. The largest absolute Gasteiger partial charge is 0.347 e. The molecule has 1 spiro atoms. The topological polar surface area (TPSA) is 110 Å². The molecule has 1 amide bonds. The van der Waals surface area contributed by atoms with Crippen LogP contribution in [0.15, 0.2) is 23.1 Å². The van der Waals surface area contributed by atoms with E-state index < -0.39 is 31.7 Å². The lowest BCUT2D eigenvalue weighted by atomic mass is 10.1. The number of sulfonamides is 2. The molecule has 0 bridgehead atoms. The van der Waals surface area contributed by atoms with Crippen LogP contribution in [0.3, 0.4) is 0 Å². The average Bonchev–Trinajstić information content (AvgIpc) is 3.19. The number of nitrogens with zero attached hydrogens (tertiary/aromatic N) is 2. The maximum Gasteiger partial charge on any atom is 0.243 e. The van der Waals surface area contributed by atoms with Crippen molar-refractivity contribution in [3.63, 3.8) is 0 Å². The van der Waals surface area contributed by atoms with Gasteiger partial charge in [0.05, 0.1) is 29.5 Å². The number of ether oxygens (including phenoxy) is 2. The van der Waals surface area contributed by atoms with Crippen LogP contribution in [0.25, 0.3) is 0 Å². The van der Waals surface area contributed by atoms with Gasteiger partial charge in [-0.3, -0.25) is 4.79 Å². The van der Waals surface area contributed by atoms with Gasteiger partial charge in [0, 0.05) is 32.4 Å². The van der Waals surface area contributed by atoms with Crippen LogP contribution in [-0.2, 0) is 34.3 Å². The van der Waals surface area contributed by atoms with Gasteiger partial charge in [-0.05, 0) is 30.7 Å². The SMILES string of the molecule is Cc1cc(N2C(=O)CCS2(=O)=O)ccc1S(=O)(=O)N1CCC2(CC1)OCCO2. The number of hydrogen-bond acceptors (Lipinski definition) is 7. The average molecular weight is 431 g/mol. The minimum absolute atomic E-state index is 0.0684. The number of rotatable bonds is 3. The molecule has 4 rings (SSSR count). The second kappa shape index (κ2) is 6.77. The molecule has 3 fully saturated rings. The standard InChI is InChI=1S/C17H22N2O7S2/c1-13-12-14(19-16(20)4-11-27(19,21)22)2-3-15(13)28(23,24)18-7-5-17(6-8-18)25-9-10-26-17/h2-3,12H,4-11H2,1H3. The van der Waals surface area contributed by atoms with Crippen LogP contribution in [0.2, 0.25) is 0 Å². The molecule has 1 aromatic rings. The van der Waals surface area contributed by atoms with Crippen molar-refractivity contribution >= 4 is 31.6 Å². The minimum Gasteiger partial charge on any atom is -0.347 e. The Balaban J connectivity index is 1.58. The summed E-state index contributed by atoms with van der Waals surface area (Å²) in [6.45, 7) is 3.19. The molecule has 3 heterocycles. The van der Waals surface area contributed by atoms with E-state index in [1.54, 1.807) is 6.92 Å². The molecule has 0 unspecified atom stereocenters. The predicted octanol–water partition coefficient (Wildman–Crippen LogP) is 0.589. The molecule has 0 N–H and O–H groups in total. The highest BCUT2D eigenvalue weighted by atomic mass is 32.2. The van der Waals surface area contributed by atoms with Gasteiger partial charge >= 0.3 is 0 Å². The molecule has 0 radical (unpaired) electrons. The van der Waals surface area contributed by atoms with Crippen LogP contribution in [0, 0.1) is 6.92 Å². The second-order valence-electron chi connectivity index (χ2n) is 7.19. The van der Waals surface area contributed by atoms with E-state index in [1.807, 2.05) is 0 Å². The summed E-state index contributed by atoms with van der Waals surface area (Å²) < 4.78 is 63.8.